The fraction of sp³-hybridized carbons (Fsp3) is 0.667. The number of alkyl halides is 2. The van der Waals surface area contributed by atoms with Crippen molar-refractivity contribution >= 4 is 45.8 Å². The standard InChI is InChI=1S/C12H15ClFN2O13P3S/c13-12(14)8(18)10(27-11(12)3-5(11)16-2-1-7(17)15-9(16)19)4-6(10)26-32(25,33)29-31(23,24)28-30(20,21)22/h1-2,5-6,8,18H,3-4H2,(H,23,24)(H,25,33)(H,15,17,19)(H2,20,21,22)/t5?,6?,8-,10?,11+,12-,32?/m1/s1. The Kier molecular flexibility index (Phi) is 5.91. The molecule has 3 fully saturated rings. The number of aromatic amines is 1. The predicted molar refractivity (Wildman–Crippen MR) is 107 cm³/mol. The Morgan fingerprint density at radius 2 is 1.88 bits per heavy atom. The molecule has 0 amide bonds. The zero-order valence-corrected chi connectivity index (χ0v) is 20.0. The van der Waals surface area contributed by atoms with E-state index in [9.17, 15) is 33.6 Å². The van der Waals surface area contributed by atoms with Gasteiger partial charge in [0.2, 0.25) is 5.13 Å². The van der Waals surface area contributed by atoms with Gasteiger partial charge in [0.1, 0.15) is 23.4 Å². The van der Waals surface area contributed by atoms with Crippen molar-refractivity contribution in [2.24, 2.45) is 0 Å². The Morgan fingerprint density at radius 3 is 2.45 bits per heavy atom. The largest absolute Gasteiger partial charge is 0.488 e. The second kappa shape index (κ2) is 7.58. The molecule has 2 aliphatic carbocycles. The van der Waals surface area contributed by atoms with Crippen molar-refractivity contribution in [1.29, 1.82) is 0 Å². The lowest BCUT2D eigenvalue weighted by Gasteiger charge is -2.22. The van der Waals surface area contributed by atoms with Gasteiger partial charge in [-0.25, -0.2) is 22.6 Å². The minimum atomic E-state index is -5.58. The Hall–Kier alpha value is -0.350. The smallest absolute Gasteiger partial charge is 0.385 e. The molecule has 186 valence electrons. The number of rotatable bonds is 7. The molecule has 1 aliphatic heterocycles. The second-order valence-electron chi connectivity index (χ2n) is 7.60. The summed E-state index contributed by atoms with van der Waals surface area (Å²) >= 11 is 10.5. The number of phosphoric acid groups is 2. The van der Waals surface area contributed by atoms with Gasteiger partial charge in [0.25, 0.3) is 5.56 Å². The third-order valence-corrected chi connectivity index (χ3v) is 10.6. The summed E-state index contributed by atoms with van der Waals surface area (Å²) in [5.41, 5.74) is -5.39. The number of ether oxygens (including phenoxy) is 1. The van der Waals surface area contributed by atoms with Gasteiger partial charge in [-0.3, -0.25) is 14.3 Å². The van der Waals surface area contributed by atoms with E-state index < -0.39 is 68.2 Å². The number of H-pyrrole nitrogens is 1. The van der Waals surface area contributed by atoms with Crippen LogP contribution in [-0.4, -0.2) is 62.8 Å². The second-order valence-corrected chi connectivity index (χ2v) is 13.9. The van der Waals surface area contributed by atoms with E-state index >= 15 is 4.39 Å². The molecular formula is C12H15ClFN2O13P3S. The predicted octanol–water partition coefficient (Wildman–Crippen LogP) is -0.513. The van der Waals surface area contributed by atoms with Crippen LogP contribution in [0.1, 0.15) is 18.9 Å². The van der Waals surface area contributed by atoms with Crippen molar-refractivity contribution in [3.05, 3.63) is 33.1 Å². The molecule has 1 aromatic heterocycles. The quantitative estimate of drug-likeness (QED) is 0.178. The molecule has 1 saturated heterocycles. The highest BCUT2D eigenvalue weighted by Crippen LogP contribution is 2.75. The monoisotopic (exact) mass is 574 g/mol. The first-order valence-corrected chi connectivity index (χ1v) is 14.7. The molecule has 0 radical (unpaired) electrons. The number of halogens is 2. The van der Waals surface area contributed by atoms with Crippen molar-refractivity contribution in [3.8, 4) is 0 Å². The van der Waals surface area contributed by atoms with Crippen molar-refractivity contribution < 1.29 is 56.1 Å². The minimum Gasteiger partial charge on any atom is -0.385 e. The van der Waals surface area contributed by atoms with Crippen LogP contribution >= 0.6 is 34.0 Å². The van der Waals surface area contributed by atoms with Crippen LogP contribution in [0.5, 0.6) is 0 Å². The van der Waals surface area contributed by atoms with Crippen LogP contribution in [0.2, 0.25) is 0 Å². The van der Waals surface area contributed by atoms with Gasteiger partial charge in [0, 0.05) is 25.1 Å². The Balaban J connectivity index is 1.52. The molecule has 0 aromatic carbocycles. The van der Waals surface area contributed by atoms with Gasteiger partial charge in [0.05, 0.1) is 6.04 Å². The lowest BCUT2D eigenvalue weighted by atomic mass is 10.1. The highest BCUT2D eigenvalue weighted by molar-refractivity contribution is 8.08. The number of aliphatic hydroxyl groups excluding tert-OH is 1. The average molecular weight is 575 g/mol. The molecule has 8 atom stereocenters. The maximum atomic E-state index is 15.4. The first-order chi connectivity index (χ1) is 14.8. The Labute approximate surface area is 192 Å². The molecule has 15 nitrogen and oxygen atoms in total. The maximum Gasteiger partial charge on any atom is 0.488 e. The van der Waals surface area contributed by atoms with Crippen LogP contribution in [0.15, 0.2) is 21.9 Å². The summed E-state index contributed by atoms with van der Waals surface area (Å²) in [5, 5.41) is 7.56. The molecule has 1 aromatic rings. The van der Waals surface area contributed by atoms with Gasteiger partial charge in [0.15, 0.2) is 0 Å². The number of aliphatic hydroxyl groups is 1. The maximum absolute atomic E-state index is 15.4. The van der Waals surface area contributed by atoms with E-state index in [-0.39, 0.29) is 12.8 Å². The summed E-state index contributed by atoms with van der Waals surface area (Å²) in [6, 6.07) is -0.0139. The molecule has 5 unspecified atom stereocenters. The molecule has 0 bridgehead atoms. The van der Waals surface area contributed by atoms with Gasteiger partial charge in [-0.1, -0.05) is 11.6 Å². The molecule has 2 spiro atoms. The Bertz CT molecular complexity index is 1270. The average Bonchev–Trinajstić information content (AvgIpc) is 3.46. The molecular weight excluding hydrogens is 560 g/mol. The van der Waals surface area contributed by atoms with Gasteiger partial charge < -0.3 is 33.9 Å². The molecule has 33 heavy (non-hydrogen) atoms. The summed E-state index contributed by atoms with van der Waals surface area (Å²) in [6.07, 6.45) is -2.91. The fourth-order valence-electron chi connectivity index (χ4n) is 3.91. The fourth-order valence-corrected chi connectivity index (χ4v) is 8.64. The minimum absolute atomic E-state index is 0.184. The third-order valence-electron chi connectivity index (χ3n) is 5.37. The zero-order chi connectivity index (χ0) is 24.8. The van der Waals surface area contributed by atoms with Crippen molar-refractivity contribution in [3.63, 3.8) is 0 Å². The summed E-state index contributed by atoms with van der Waals surface area (Å²) in [5.74, 6) is 0. The summed E-state index contributed by atoms with van der Waals surface area (Å²) < 4.78 is 57.0. The summed E-state index contributed by atoms with van der Waals surface area (Å²) in [6.45, 7) is -4.75. The lowest BCUT2D eigenvalue weighted by molar-refractivity contribution is -0.0500. The number of hydrogen-bond acceptors (Lipinski definition) is 10. The number of hydrogen-bond donors (Lipinski definition) is 6. The SMILES string of the molecule is O=c1ccn(C2C[C@]23OC2(CC2OP(O)(=S)OP(=O)(O)OP(=O)(O)O)[C@@H](O)[C@]3(F)Cl)c(=O)[nH]1. The van der Waals surface area contributed by atoms with E-state index in [2.05, 4.69) is 20.4 Å². The van der Waals surface area contributed by atoms with Crippen molar-refractivity contribution in [2.45, 2.75) is 47.4 Å². The molecule has 6 N–H and O–H groups in total. The van der Waals surface area contributed by atoms with E-state index in [1.54, 1.807) is 0 Å². The summed E-state index contributed by atoms with van der Waals surface area (Å²) in [4.78, 5) is 61.8. The normalized spacial score (nSPS) is 41.1. The van der Waals surface area contributed by atoms with Gasteiger partial charge in [-0.15, -0.1) is 0 Å². The topological polar surface area (TPSA) is 227 Å². The van der Waals surface area contributed by atoms with Gasteiger partial charge in [-0.2, -0.15) is 4.31 Å². The number of nitrogens with zero attached hydrogens (tertiary/aromatic N) is 1. The third kappa shape index (κ3) is 4.50. The van der Waals surface area contributed by atoms with E-state index in [1.807, 2.05) is 4.98 Å². The molecule has 2 heterocycles. The highest BCUT2D eigenvalue weighted by Gasteiger charge is 2.87. The van der Waals surface area contributed by atoms with Crippen molar-refractivity contribution in [2.75, 3.05) is 0 Å². The molecule has 2 saturated carbocycles. The van der Waals surface area contributed by atoms with Gasteiger partial charge >= 0.3 is 28.1 Å². The van der Waals surface area contributed by atoms with Crippen molar-refractivity contribution in [1.82, 2.24) is 9.55 Å². The van der Waals surface area contributed by atoms with Crippen LogP contribution in [0.4, 0.5) is 4.39 Å². The zero-order valence-electron chi connectivity index (χ0n) is 15.8. The molecule has 4 rings (SSSR count). The highest BCUT2D eigenvalue weighted by atomic mass is 35.5. The van der Waals surface area contributed by atoms with E-state index in [4.69, 9.17) is 30.6 Å². The summed E-state index contributed by atoms with van der Waals surface area (Å²) in [7, 11) is -11.1. The van der Waals surface area contributed by atoms with Crippen LogP contribution in [0, 0.1) is 0 Å². The first kappa shape index (κ1) is 25.7. The molecule has 21 heteroatoms. The van der Waals surface area contributed by atoms with Crippen LogP contribution < -0.4 is 11.2 Å². The van der Waals surface area contributed by atoms with Gasteiger partial charge in [-0.05, 0) is 11.8 Å². The first-order valence-electron chi connectivity index (χ1n) is 8.74. The van der Waals surface area contributed by atoms with Crippen LogP contribution in [-0.2, 0) is 38.8 Å². The van der Waals surface area contributed by atoms with Crippen LogP contribution in [0.3, 0.4) is 0 Å². The van der Waals surface area contributed by atoms with Crippen LogP contribution in [0.25, 0.3) is 0 Å². The number of nitrogens with one attached hydrogen (secondary N) is 1. The van der Waals surface area contributed by atoms with E-state index in [0.717, 1.165) is 16.8 Å². The van der Waals surface area contributed by atoms with E-state index in [1.165, 1.54) is 0 Å². The number of aromatic nitrogens is 2. The molecule has 3 aliphatic rings. The van der Waals surface area contributed by atoms with E-state index in [0.29, 0.717) is 0 Å². The lowest BCUT2D eigenvalue weighted by Crippen LogP contribution is -2.43. The Morgan fingerprint density at radius 1 is 1.24 bits per heavy atom.